The molecule has 2 aromatic rings. The standard InChI is InChI=1S/C32H28Cl2F2N2O7/c33-31-15-21-19(10-11-20-25(21)28(43)37(27(20)42)13-3-1-2-4-24(40)41)26(16-5-12-23(39)22(36)14-16)32(31,34)30(45)38(29(31)44)18-8-6-17(35)7-9-18/h5-10,12,14,20-21,25-26,39H,1-4,11,13,15H2,(H,40,41)/t20-,21+,25-,26-,31+,32-/m0/s1. The number of benzene rings is 2. The number of carbonyl (C=O) groups is 5. The second-order valence-electron chi connectivity index (χ2n) is 12.0. The molecule has 4 amide bonds. The van der Waals surface area contributed by atoms with E-state index in [-0.39, 0.29) is 43.0 Å². The lowest BCUT2D eigenvalue weighted by molar-refractivity contribution is -0.141. The predicted octanol–water partition coefficient (Wildman–Crippen LogP) is 4.88. The van der Waals surface area contributed by atoms with Gasteiger partial charge < -0.3 is 10.2 Å². The van der Waals surface area contributed by atoms with Crippen LogP contribution in [-0.2, 0) is 24.0 Å². The number of rotatable bonds is 8. The van der Waals surface area contributed by atoms with Crippen molar-refractivity contribution in [1.82, 2.24) is 4.90 Å². The molecule has 1 saturated carbocycles. The molecule has 2 aromatic carbocycles. The van der Waals surface area contributed by atoms with Crippen LogP contribution < -0.4 is 4.90 Å². The molecule has 0 spiro atoms. The van der Waals surface area contributed by atoms with Gasteiger partial charge in [-0.15, -0.1) is 23.2 Å². The van der Waals surface area contributed by atoms with Gasteiger partial charge >= 0.3 is 5.97 Å². The number of phenolic OH excluding ortho intramolecular Hbond substituents is 1. The summed E-state index contributed by atoms with van der Waals surface area (Å²) in [6.45, 7) is 0.0974. The van der Waals surface area contributed by atoms with E-state index in [1.165, 1.54) is 18.2 Å². The summed E-state index contributed by atoms with van der Waals surface area (Å²) in [7, 11) is 0. The minimum Gasteiger partial charge on any atom is -0.505 e. The van der Waals surface area contributed by atoms with Crippen molar-refractivity contribution in [2.75, 3.05) is 11.4 Å². The Hall–Kier alpha value is -3.83. The number of amides is 4. The van der Waals surface area contributed by atoms with Gasteiger partial charge in [0.15, 0.2) is 21.3 Å². The highest BCUT2D eigenvalue weighted by molar-refractivity contribution is 6.58. The van der Waals surface area contributed by atoms with Gasteiger partial charge in [0, 0.05) is 18.9 Å². The Morgan fingerprint density at radius 2 is 1.64 bits per heavy atom. The van der Waals surface area contributed by atoms with E-state index in [4.69, 9.17) is 28.3 Å². The number of alkyl halides is 2. The quantitative estimate of drug-likeness (QED) is 0.179. The van der Waals surface area contributed by atoms with Gasteiger partial charge in [0.2, 0.25) is 11.8 Å². The van der Waals surface area contributed by atoms with Crippen LogP contribution in [0, 0.1) is 29.4 Å². The van der Waals surface area contributed by atoms with Gasteiger partial charge in [-0.25, -0.2) is 13.7 Å². The number of imide groups is 2. The van der Waals surface area contributed by atoms with Gasteiger partial charge in [0.25, 0.3) is 11.8 Å². The van der Waals surface area contributed by atoms with Crippen LogP contribution in [0.15, 0.2) is 54.1 Å². The first kappa shape index (κ1) is 31.2. The Bertz CT molecular complexity index is 1670. The molecular weight excluding hydrogens is 633 g/mol. The number of aliphatic carboxylic acids is 1. The van der Waals surface area contributed by atoms with Gasteiger partial charge in [0.05, 0.1) is 17.5 Å². The van der Waals surface area contributed by atoms with E-state index in [2.05, 4.69) is 0 Å². The molecule has 4 aliphatic rings. The number of likely N-dealkylation sites (tertiary alicyclic amines) is 1. The normalized spacial score (nSPS) is 30.7. The number of aromatic hydroxyl groups is 1. The fourth-order valence-corrected chi connectivity index (χ4v) is 8.42. The number of carboxylic acid groups (broad SMARTS) is 1. The highest BCUT2D eigenvalue weighted by Gasteiger charge is 2.76. The summed E-state index contributed by atoms with van der Waals surface area (Å²) in [4.78, 5) is 64.1. The maximum Gasteiger partial charge on any atom is 0.303 e. The predicted molar refractivity (Wildman–Crippen MR) is 157 cm³/mol. The van der Waals surface area contributed by atoms with E-state index >= 15 is 0 Å². The van der Waals surface area contributed by atoms with Crippen molar-refractivity contribution in [1.29, 1.82) is 0 Å². The summed E-state index contributed by atoms with van der Waals surface area (Å²) >= 11 is 14.4. The number of fused-ring (bicyclic) bond motifs is 4. The fourth-order valence-electron chi connectivity index (χ4n) is 7.48. The van der Waals surface area contributed by atoms with Gasteiger partial charge in [0.1, 0.15) is 5.82 Å². The first-order chi connectivity index (χ1) is 21.3. The highest BCUT2D eigenvalue weighted by atomic mass is 35.5. The minimum absolute atomic E-state index is 0.0208. The molecule has 2 heterocycles. The third-order valence-corrected chi connectivity index (χ3v) is 11.0. The lowest BCUT2D eigenvalue weighted by Gasteiger charge is -2.50. The van der Waals surface area contributed by atoms with E-state index in [1.807, 2.05) is 0 Å². The van der Waals surface area contributed by atoms with Crippen molar-refractivity contribution in [2.45, 2.75) is 54.2 Å². The Balaban J connectivity index is 1.42. The largest absolute Gasteiger partial charge is 0.505 e. The van der Waals surface area contributed by atoms with Crippen LogP contribution in [0.4, 0.5) is 14.5 Å². The van der Waals surface area contributed by atoms with E-state index in [0.29, 0.717) is 24.8 Å². The molecule has 0 unspecified atom stereocenters. The number of halogens is 4. The lowest BCUT2D eigenvalue weighted by atomic mass is 9.56. The first-order valence-corrected chi connectivity index (χ1v) is 15.3. The molecule has 2 aliphatic carbocycles. The van der Waals surface area contributed by atoms with Gasteiger partial charge in [-0.1, -0.05) is 24.1 Å². The average molecular weight is 661 g/mol. The molecule has 236 valence electrons. The Morgan fingerprint density at radius 1 is 0.933 bits per heavy atom. The van der Waals surface area contributed by atoms with Crippen LogP contribution in [0.5, 0.6) is 5.75 Å². The topological polar surface area (TPSA) is 132 Å². The number of anilines is 1. The summed E-state index contributed by atoms with van der Waals surface area (Å²) in [5.41, 5.74) is 0.612. The van der Waals surface area contributed by atoms with Crippen LogP contribution in [-0.4, -0.2) is 61.0 Å². The van der Waals surface area contributed by atoms with E-state index in [9.17, 15) is 37.9 Å². The zero-order valence-corrected chi connectivity index (χ0v) is 25.2. The first-order valence-electron chi connectivity index (χ1n) is 14.6. The van der Waals surface area contributed by atoms with Crippen molar-refractivity contribution in [3.05, 3.63) is 71.3 Å². The zero-order chi connectivity index (χ0) is 32.4. The second kappa shape index (κ2) is 11.2. The molecule has 0 aromatic heterocycles. The third kappa shape index (κ3) is 4.65. The van der Waals surface area contributed by atoms with Crippen molar-refractivity contribution in [2.24, 2.45) is 17.8 Å². The zero-order valence-electron chi connectivity index (χ0n) is 23.7. The monoisotopic (exact) mass is 660 g/mol. The molecule has 2 aliphatic heterocycles. The summed E-state index contributed by atoms with van der Waals surface area (Å²) < 4.78 is 28.5. The molecular formula is C32H28Cl2F2N2O7. The molecule has 9 nitrogen and oxygen atoms in total. The number of hydrogen-bond donors (Lipinski definition) is 2. The van der Waals surface area contributed by atoms with E-state index in [0.717, 1.165) is 34.1 Å². The smallest absolute Gasteiger partial charge is 0.303 e. The fraction of sp³-hybridized carbons (Fsp3) is 0.406. The van der Waals surface area contributed by atoms with Gasteiger partial charge in [-0.2, -0.15) is 0 Å². The van der Waals surface area contributed by atoms with Crippen LogP contribution >= 0.6 is 23.2 Å². The van der Waals surface area contributed by atoms with Crippen LogP contribution in [0.2, 0.25) is 0 Å². The number of carbonyl (C=O) groups excluding carboxylic acids is 4. The maximum atomic E-state index is 14.8. The average Bonchev–Trinajstić information content (AvgIpc) is 3.32. The lowest BCUT2D eigenvalue weighted by Crippen LogP contribution is -2.60. The van der Waals surface area contributed by atoms with Gasteiger partial charge in [-0.3, -0.25) is 28.9 Å². The molecule has 6 atom stereocenters. The number of nitrogens with zero attached hydrogens (tertiary/aromatic N) is 2. The summed E-state index contributed by atoms with van der Waals surface area (Å²) in [6.07, 6.45) is 2.83. The molecule has 3 fully saturated rings. The Kier molecular flexibility index (Phi) is 7.76. The Morgan fingerprint density at radius 3 is 2.31 bits per heavy atom. The highest BCUT2D eigenvalue weighted by Crippen LogP contribution is 2.65. The number of allylic oxidation sites excluding steroid dienone is 2. The second-order valence-corrected chi connectivity index (χ2v) is 13.2. The van der Waals surface area contributed by atoms with Crippen molar-refractivity contribution >= 4 is 58.5 Å². The van der Waals surface area contributed by atoms with Crippen molar-refractivity contribution in [3.63, 3.8) is 0 Å². The van der Waals surface area contributed by atoms with Crippen LogP contribution in [0.3, 0.4) is 0 Å². The van der Waals surface area contributed by atoms with Crippen LogP contribution in [0.1, 0.15) is 50.0 Å². The molecule has 45 heavy (non-hydrogen) atoms. The molecule has 13 heteroatoms. The number of unbranched alkanes of at least 4 members (excludes halogenated alkanes) is 2. The molecule has 2 saturated heterocycles. The van der Waals surface area contributed by atoms with Gasteiger partial charge in [-0.05, 0) is 73.6 Å². The van der Waals surface area contributed by atoms with Crippen molar-refractivity contribution in [3.8, 4) is 5.75 Å². The SMILES string of the molecule is O=C(O)CCCCCN1C(=O)[C@H]2[C@H](CC=C3[C@H]2C[C@@]2(Cl)C(=O)N(c4ccc(F)cc4)C(=O)[C@@]2(Cl)[C@H]3c2ccc(O)c(F)c2)C1=O. The summed E-state index contributed by atoms with van der Waals surface area (Å²) in [5.74, 6) is -9.60. The number of hydrogen-bond acceptors (Lipinski definition) is 6. The Labute approximate surface area is 266 Å². The summed E-state index contributed by atoms with van der Waals surface area (Å²) in [5, 5.41) is 18.8. The summed E-state index contributed by atoms with van der Waals surface area (Å²) in [6, 6.07) is 8.05. The molecule has 0 bridgehead atoms. The maximum absolute atomic E-state index is 14.8. The van der Waals surface area contributed by atoms with E-state index < -0.39 is 74.5 Å². The van der Waals surface area contributed by atoms with Crippen LogP contribution in [0.25, 0.3) is 0 Å². The van der Waals surface area contributed by atoms with Crippen molar-refractivity contribution < 1.29 is 43.0 Å². The third-order valence-electron chi connectivity index (χ3n) is 9.56. The van der Waals surface area contributed by atoms with E-state index in [1.54, 1.807) is 6.08 Å². The molecule has 6 rings (SSSR count). The minimum atomic E-state index is -2.21. The molecule has 2 N–H and O–H groups in total. The number of carboxylic acids is 1. The number of phenols is 1. The molecule has 0 radical (unpaired) electrons.